The van der Waals surface area contributed by atoms with Gasteiger partial charge in [-0.25, -0.2) is 4.79 Å². The summed E-state index contributed by atoms with van der Waals surface area (Å²) in [6.07, 6.45) is 0.416. The third-order valence-electron chi connectivity index (χ3n) is 2.50. The third kappa shape index (κ3) is 2.23. The van der Waals surface area contributed by atoms with Crippen LogP contribution in [0.15, 0.2) is 0 Å². The number of carbonyl (C=O) groups excluding carboxylic acids is 1. The van der Waals surface area contributed by atoms with E-state index in [1.807, 2.05) is 6.92 Å². The van der Waals surface area contributed by atoms with Crippen LogP contribution in [0.25, 0.3) is 0 Å². The van der Waals surface area contributed by atoms with Gasteiger partial charge < -0.3 is 19.5 Å². The number of amides is 1. The van der Waals surface area contributed by atoms with Crippen LogP contribution in [0.4, 0.5) is 4.79 Å². The van der Waals surface area contributed by atoms with E-state index in [4.69, 9.17) is 9.84 Å². The van der Waals surface area contributed by atoms with Crippen LogP contribution >= 0.6 is 0 Å². The maximum absolute atomic E-state index is 10.9. The van der Waals surface area contributed by atoms with Crippen molar-refractivity contribution in [2.45, 2.75) is 13.3 Å². The molecular weight excluding hydrogens is 186 g/mol. The molecule has 0 aromatic carbocycles. The predicted molar refractivity (Wildman–Crippen MR) is 49.2 cm³/mol. The predicted octanol–water partition coefficient (Wildman–Crippen LogP) is 0.592. The van der Waals surface area contributed by atoms with Crippen LogP contribution in [0, 0.1) is 5.41 Å². The van der Waals surface area contributed by atoms with Crippen LogP contribution in [0.3, 0.4) is 0 Å². The summed E-state index contributed by atoms with van der Waals surface area (Å²) in [5.41, 5.74) is -0.617. The van der Waals surface area contributed by atoms with Gasteiger partial charge in [-0.1, -0.05) is 0 Å². The Morgan fingerprint density at radius 3 is 2.86 bits per heavy atom. The summed E-state index contributed by atoms with van der Waals surface area (Å²) in [6, 6.07) is 0. The van der Waals surface area contributed by atoms with Crippen molar-refractivity contribution in [1.29, 1.82) is 0 Å². The van der Waals surface area contributed by atoms with Crippen molar-refractivity contribution in [3.8, 4) is 0 Å². The van der Waals surface area contributed by atoms with Gasteiger partial charge in [0.15, 0.2) is 0 Å². The lowest BCUT2D eigenvalue weighted by Gasteiger charge is -2.21. The van der Waals surface area contributed by atoms with E-state index >= 15 is 0 Å². The number of likely N-dealkylation sites (tertiary alicyclic amines) is 1. The monoisotopic (exact) mass is 201 g/mol. The fourth-order valence-electron chi connectivity index (χ4n) is 1.61. The molecule has 0 aliphatic carbocycles. The summed E-state index contributed by atoms with van der Waals surface area (Å²) in [6.45, 7) is 3.38. The van der Waals surface area contributed by atoms with Gasteiger partial charge in [0.2, 0.25) is 0 Å². The number of nitrogens with zero attached hydrogens (tertiary/aromatic N) is 1. The summed E-state index contributed by atoms with van der Waals surface area (Å²) in [5, 5.41) is 8.74. The Labute approximate surface area is 82.6 Å². The number of hydrogen-bond acceptors (Lipinski definition) is 3. The van der Waals surface area contributed by atoms with E-state index in [2.05, 4.69) is 0 Å². The van der Waals surface area contributed by atoms with Crippen LogP contribution in [-0.2, 0) is 9.53 Å². The number of hydrogen-bond donors (Lipinski definition) is 1. The second-order valence-corrected chi connectivity index (χ2v) is 3.57. The van der Waals surface area contributed by atoms with Crippen molar-refractivity contribution in [2.75, 3.05) is 26.3 Å². The minimum Gasteiger partial charge on any atom is -0.465 e. The van der Waals surface area contributed by atoms with Crippen molar-refractivity contribution in [1.82, 2.24) is 4.90 Å². The maximum Gasteiger partial charge on any atom is 0.407 e. The highest BCUT2D eigenvalue weighted by Crippen LogP contribution is 2.28. The molecule has 14 heavy (non-hydrogen) atoms. The summed E-state index contributed by atoms with van der Waals surface area (Å²) >= 11 is 0. The number of carboxylic acid groups (broad SMARTS) is 1. The standard InChI is InChI=1S/C9H15NO4/c1-2-14-7-9(6-11)3-4-10(5-9)8(12)13/h6H,2-5,7H2,1H3,(H,12,13)/t9-/m1/s1. The highest BCUT2D eigenvalue weighted by Gasteiger charge is 2.40. The Morgan fingerprint density at radius 1 is 1.71 bits per heavy atom. The summed E-state index contributed by atoms with van der Waals surface area (Å²) in [5.74, 6) is 0. The van der Waals surface area contributed by atoms with Gasteiger partial charge in [-0.3, -0.25) is 0 Å². The first kappa shape index (κ1) is 11.0. The van der Waals surface area contributed by atoms with E-state index in [9.17, 15) is 9.59 Å². The van der Waals surface area contributed by atoms with Crippen molar-refractivity contribution in [2.24, 2.45) is 5.41 Å². The van der Waals surface area contributed by atoms with Crippen molar-refractivity contribution < 1.29 is 19.4 Å². The largest absolute Gasteiger partial charge is 0.465 e. The lowest BCUT2D eigenvalue weighted by Crippen LogP contribution is -2.35. The Bertz CT molecular complexity index is 231. The van der Waals surface area contributed by atoms with Crippen molar-refractivity contribution in [3.63, 3.8) is 0 Å². The van der Waals surface area contributed by atoms with E-state index in [0.717, 1.165) is 6.29 Å². The third-order valence-corrected chi connectivity index (χ3v) is 2.50. The van der Waals surface area contributed by atoms with Gasteiger partial charge in [0.25, 0.3) is 0 Å². The van der Waals surface area contributed by atoms with E-state index in [-0.39, 0.29) is 6.54 Å². The zero-order valence-electron chi connectivity index (χ0n) is 8.23. The lowest BCUT2D eigenvalue weighted by molar-refractivity contribution is -0.118. The van der Waals surface area contributed by atoms with E-state index in [0.29, 0.717) is 26.2 Å². The van der Waals surface area contributed by atoms with E-state index in [1.165, 1.54) is 4.90 Å². The molecule has 5 heteroatoms. The molecule has 0 aromatic rings. The smallest absolute Gasteiger partial charge is 0.407 e. The second-order valence-electron chi connectivity index (χ2n) is 3.57. The molecule has 0 aromatic heterocycles. The van der Waals surface area contributed by atoms with Crippen LogP contribution in [0.1, 0.15) is 13.3 Å². The molecule has 1 amide bonds. The van der Waals surface area contributed by atoms with Gasteiger partial charge in [0.05, 0.1) is 12.0 Å². The molecule has 80 valence electrons. The molecule has 0 bridgehead atoms. The highest BCUT2D eigenvalue weighted by atomic mass is 16.5. The Morgan fingerprint density at radius 2 is 2.43 bits per heavy atom. The first-order valence-corrected chi connectivity index (χ1v) is 4.65. The van der Waals surface area contributed by atoms with Crippen LogP contribution in [-0.4, -0.2) is 48.7 Å². The van der Waals surface area contributed by atoms with Gasteiger partial charge in [-0.15, -0.1) is 0 Å². The van der Waals surface area contributed by atoms with Crippen LogP contribution in [0.2, 0.25) is 0 Å². The Kier molecular flexibility index (Phi) is 3.46. The normalized spacial score (nSPS) is 26.5. The van der Waals surface area contributed by atoms with Gasteiger partial charge >= 0.3 is 6.09 Å². The summed E-state index contributed by atoms with van der Waals surface area (Å²) in [7, 11) is 0. The molecule has 0 unspecified atom stereocenters. The summed E-state index contributed by atoms with van der Waals surface area (Å²) < 4.78 is 5.19. The first-order valence-electron chi connectivity index (χ1n) is 4.65. The van der Waals surface area contributed by atoms with Crippen molar-refractivity contribution >= 4 is 12.4 Å². The molecule has 1 heterocycles. The average Bonchev–Trinajstić information content (AvgIpc) is 2.60. The molecule has 1 N–H and O–H groups in total. The van der Waals surface area contributed by atoms with Crippen LogP contribution in [0.5, 0.6) is 0 Å². The summed E-state index contributed by atoms with van der Waals surface area (Å²) in [4.78, 5) is 22.8. The molecular formula is C9H15NO4. The lowest BCUT2D eigenvalue weighted by atomic mass is 9.90. The van der Waals surface area contributed by atoms with E-state index < -0.39 is 11.5 Å². The molecule has 1 atom stereocenters. The zero-order valence-corrected chi connectivity index (χ0v) is 8.23. The molecule has 1 aliphatic heterocycles. The van der Waals surface area contributed by atoms with Gasteiger partial charge in [0, 0.05) is 19.7 Å². The number of rotatable bonds is 4. The average molecular weight is 201 g/mol. The van der Waals surface area contributed by atoms with Gasteiger partial charge in [0.1, 0.15) is 6.29 Å². The van der Waals surface area contributed by atoms with Crippen molar-refractivity contribution in [3.05, 3.63) is 0 Å². The molecule has 0 saturated carbocycles. The molecule has 1 aliphatic rings. The Hall–Kier alpha value is -1.10. The van der Waals surface area contributed by atoms with E-state index in [1.54, 1.807) is 0 Å². The van der Waals surface area contributed by atoms with Gasteiger partial charge in [-0.05, 0) is 13.3 Å². The molecule has 1 saturated heterocycles. The van der Waals surface area contributed by atoms with Gasteiger partial charge in [-0.2, -0.15) is 0 Å². The quantitative estimate of drug-likeness (QED) is 0.676. The molecule has 0 radical (unpaired) electrons. The maximum atomic E-state index is 10.9. The van der Waals surface area contributed by atoms with Crippen LogP contribution < -0.4 is 0 Å². The molecule has 0 spiro atoms. The molecule has 5 nitrogen and oxygen atoms in total. The SMILES string of the molecule is CCOC[C@]1(C=O)CCN(C(=O)O)C1. The first-order chi connectivity index (χ1) is 6.63. The zero-order chi connectivity index (χ0) is 10.6. The fraction of sp³-hybridized carbons (Fsp3) is 0.778. The topological polar surface area (TPSA) is 66.8 Å². The highest BCUT2D eigenvalue weighted by molar-refractivity contribution is 5.69. The Balaban J connectivity index is 2.56. The second kappa shape index (κ2) is 4.41. The molecule has 1 rings (SSSR count). The molecule has 1 fully saturated rings. The number of aldehydes is 1. The fourth-order valence-corrected chi connectivity index (χ4v) is 1.61. The minimum absolute atomic E-state index is 0.256. The number of ether oxygens (including phenoxy) is 1. The minimum atomic E-state index is -0.967. The number of carbonyl (C=O) groups is 2.